The second kappa shape index (κ2) is 15.4. The van der Waals surface area contributed by atoms with E-state index in [0.29, 0.717) is 42.1 Å². The molecule has 0 spiro atoms. The third-order valence-corrected chi connectivity index (χ3v) is 7.56. The molecule has 0 saturated heterocycles. The highest BCUT2D eigenvalue weighted by molar-refractivity contribution is 8.15. The number of hydrogen-bond donors (Lipinski definition) is 1. The molecular weight excluding hydrogens is 550 g/mol. The van der Waals surface area contributed by atoms with Gasteiger partial charge in [0.1, 0.15) is 23.4 Å². The van der Waals surface area contributed by atoms with Gasteiger partial charge in [-0.3, -0.25) is 14.4 Å². The van der Waals surface area contributed by atoms with Gasteiger partial charge in [0.05, 0.1) is 13.7 Å². The first-order chi connectivity index (χ1) is 20.4. The van der Waals surface area contributed by atoms with Crippen molar-refractivity contribution in [2.75, 3.05) is 13.7 Å². The van der Waals surface area contributed by atoms with Crippen molar-refractivity contribution < 1.29 is 28.6 Å². The van der Waals surface area contributed by atoms with Gasteiger partial charge >= 0.3 is 5.97 Å². The maximum atomic E-state index is 13.4. The maximum absolute atomic E-state index is 13.4. The second-order valence-electron chi connectivity index (χ2n) is 9.53. The molecule has 0 bridgehead atoms. The minimum absolute atomic E-state index is 0.0342. The number of hydrogen-bond acceptors (Lipinski definition) is 7. The SMILES string of the molecule is COc1cc(OCCCC(N)=O)ccc1COC(=O)[C@H](Cc1ccc(-c2ccccc2)cc1)SC(=O)c1ccccc1. The molecule has 0 saturated carbocycles. The zero-order chi connectivity index (χ0) is 29.7. The van der Waals surface area contributed by atoms with Crippen LogP contribution in [-0.2, 0) is 27.4 Å². The van der Waals surface area contributed by atoms with Crippen molar-refractivity contribution in [1.82, 2.24) is 0 Å². The Hall–Kier alpha value is -4.56. The van der Waals surface area contributed by atoms with Crippen molar-refractivity contribution in [2.24, 2.45) is 5.73 Å². The fraction of sp³-hybridized carbons (Fsp3) is 0.206. The molecule has 0 unspecified atom stereocenters. The average molecular weight is 584 g/mol. The van der Waals surface area contributed by atoms with Crippen LogP contribution in [0.4, 0.5) is 0 Å². The Morgan fingerprint density at radius 1 is 0.833 bits per heavy atom. The van der Waals surface area contributed by atoms with Crippen molar-refractivity contribution in [3.8, 4) is 22.6 Å². The van der Waals surface area contributed by atoms with Gasteiger partial charge < -0.3 is 19.9 Å². The molecular formula is C34H33NO6S. The lowest BCUT2D eigenvalue weighted by Gasteiger charge is -2.17. The number of primary amides is 1. The van der Waals surface area contributed by atoms with Crippen LogP contribution in [0.5, 0.6) is 11.5 Å². The Morgan fingerprint density at radius 3 is 2.17 bits per heavy atom. The molecule has 2 N–H and O–H groups in total. The number of carbonyl (C=O) groups is 3. The molecule has 0 aliphatic heterocycles. The lowest BCUT2D eigenvalue weighted by Crippen LogP contribution is -2.24. The fourth-order valence-electron chi connectivity index (χ4n) is 4.23. The minimum atomic E-state index is -0.751. The summed E-state index contributed by atoms with van der Waals surface area (Å²) in [6.07, 6.45) is 1.08. The van der Waals surface area contributed by atoms with Gasteiger partial charge in [-0.15, -0.1) is 0 Å². The largest absolute Gasteiger partial charge is 0.496 e. The van der Waals surface area contributed by atoms with Crippen LogP contribution < -0.4 is 15.2 Å². The lowest BCUT2D eigenvalue weighted by atomic mass is 10.0. The summed E-state index contributed by atoms with van der Waals surface area (Å²) in [6, 6.07) is 32.1. The summed E-state index contributed by atoms with van der Waals surface area (Å²) in [5.41, 5.74) is 9.43. The minimum Gasteiger partial charge on any atom is -0.496 e. The first-order valence-corrected chi connectivity index (χ1v) is 14.5. The van der Waals surface area contributed by atoms with Crippen LogP contribution in [0.1, 0.15) is 34.3 Å². The van der Waals surface area contributed by atoms with Gasteiger partial charge in [0.2, 0.25) is 11.0 Å². The van der Waals surface area contributed by atoms with Crippen molar-refractivity contribution in [3.63, 3.8) is 0 Å². The first kappa shape index (κ1) is 30.4. The quantitative estimate of drug-likeness (QED) is 0.139. The molecule has 7 nitrogen and oxygen atoms in total. The fourth-order valence-corrected chi connectivity index (χ4v) is 5.21. The summed E-state index contributed by atoms with van der Waals surface area (Å²) in [4.78, 5) is 37.3. The topological polar surface area (TPSA) is 105 Å². The number of ether oxygens (including phenoxy) is 3. The number of methoxy groups -OCH3 is 1. The van der Waals surface area contributed by atoms with Gasteiger partial charge in [-0.05, 0) is 41.7 Å². The van der Waals surface area contributed by atoms with Crippen LogP contribution in [0.2, 0.25) is 0 Å². The van der Waals surface area contributed by atoms with E-state index in [9.17, 15) is 14.4 Å². The predicted molar refractivity (Wildman–Crippen MR) is 164 cm³/mol. The molecule has 0 aliphatic carbocycles. The molecule has 8 heteroatoms. The number of nitrogens with two attached hydrogens (primary N) is 1. The summed E-state index contributed by atoms with van der Waals surface area (Å²) in [7, 11) is 1.52. The van der Waals surface area contributed by atoms with Crippen LogP contribution in [0.3, 0.4) is 0 Å². The third-order valence-electron chi connectivity index (χ3n) is 6.47. The lowest BCUT2D eigenvalue weighted by molar-refractivity contribution is -0.144. The highest BCUT2D eigenvalue weighted by atomic mass is 32.2. The molecule has 4 rings (SSSR count). The van der Waals surface area contributed by atoms with Crippen LogP contribution in [0, 0.1) is 0 Å². The van der Waals surface area contributed by atoms with E-state index in [1.807, 2.05) is 60.7 Å². The monoisotopic (exact) mass is 583 g/mol. The molecule has 0 radical (unpaired) electrons. The highest BCUT2D eigenvalue weighted by Crippen LogP contribution is 2.28. The standard InChI is InChI=1S/C34H33NO6S/c1-39-30-22-29(40-20-8-13-32(35)36)19-18-28(30)23-41-33(37)31(42-34(38)27-11-6-3-7-12-27)21-24-14-16-26(17-15-24)25-9-4-2-5-10-25/h2-7,9-12,14-19,22,31H,8,13,20-21,23H2,1H3,(H2,35,36)/t31-/m0/s1. The Balaban J connectivity index is 1.44. The Kier molecular flexibility index (Phi) is 11.2. The molecule has 0 heterocycles. The van der Waals surface area contributed by atoms with E-state index in [0.717, 1.165) is 28.5 Å². The van der Waals surface area contributed by atoms with E-state index in [2.05, 4.69) is 0 Å². The zero-order valence-electron chi connectivity index (χ0n) is 23.4. The zero-order valence-corrected chi connectivity index (χ0v) is 24.2. The molecule has 42 heavy (non-hydrogen) atoms. The van der Waals surface area contributed by atoms with Gasteiger partial charge in [-0.2, -0.15) is 0 Å². The molecule has 0 aliphatic rings. The summed E-state index contributed by atoms with van der Waals surface area (Å²) < 4.78 is 16.9. The Labute approximate surface area is 250 Å². The number of rotatable bonds is 14. The molecule has 4 aromatic carbocycles. The predicted octanol–water partition coefficient (Wildman–Crippen LogP) is 6.23. The average Bonchev–Trinajstić information content (AvgIpc) is 3.03. The van der Waals surface area contributed by atoms with Crippen molar-refractivity contribution in [1.29, 1.82) is 0 Å². The highest BCUT2D eigenvalue weighted by Gasteiger charge is 2.26. The summed E-state index contributed by atoms with van der Waals surface area (Å²) in [6.45, 7) is 0.300. The van der Waals surface area contributed by atoms with Crippen LogP contribution in [0.25, 0.3) is 11.1 Å². The third kappa shape index (κ3) is 8.97. The Bertz CT molecular complexity index is 1480. The van der Waals surface area contributed by atoms with E-state index >= 15 is 0 Å². The summed E-state index contributed by atoms with van der Waals surface area (Å²) in [5.74, 6) is 0.188. The van der Waals surface area contributed by atoms with E-state index < -0.39 is 11.2 Å². The van der Waals surface area contributed by atoms with E-state index in [-0.39, 0.29) is 24.1 Å². The number of thioether (sulfide) groups is 1. The van der Waals surface area contributed by atoms with Gasteiger partial charge in [-0.1, -0.05) is 96.7 Å². The van der Waals surface area contributed by atoms with Gasteiger partial charge in [0, 0.05) is 23.6 Å². The van der Waals surface area contributed by atoms with Gasteiger partial charge in [0.25, 0.3) is 0 Å². The van der Waals surface area contributed by atoms with Crippen molar-refractivity contribution in [3.05, 3.63) is 120 Å². The van der Waals surface area contributed by atoms with E-state index in [1.54, 1.807) is 42.5 Å². The van der Waals surface area contributed by atoms with Crippen LogP contribution in [0.15, 0.2) is 103 Å². The van der Waals surface area contributed by atoms with Gasteiger partial charge in [0.15, 0.2) is 0 Å². The summed E-state index contributed by atoms with van der Waals surface area (Å²) >= 11 is 0.964. The normalized spacial score (nSPS) is 11.4. The molecule has 216 valence electrons. The second-order valence-corrected chi connectivity index (χ2v) is 10.7. The number of carbonyl (C=O) groups excluding carboxylic acids is 3. The molecule has 1 atom stereocenters. The van der Waals surface area contributed by atoms with Crippen molar-refractivity contribution in [2.45, 2.75) is 31.1 Å². The first-order valence-electron chi connectivity index (χ1n) is 13.6. The van der Waals surface area contributed by atoms with Crippen molar-refractivity contribution >= 4 is 28.8 Å². The van der Waals surface area contributed by atoms with Crippen LogP contribution in [-0.4, -0.2) is 36.0 Å². The number of amides is 1. The Morgan fingerprint density at radius 2 is 1.50 bits per heavy atom. The number of benzene rings is 4. The van der Waals surface area contributed by atoms with E-state index in [4.69, 9.17) is 19.9 Å². The number of esters is 1. The smallest absolute Gasteiger partial charge is 0.320 e. The molecule has 1 amide bonds. The van der Waals surface area contributed by atoms with E-state index in [1.165, 1.54) is 7.11 Å². The van der Waals surface area contributed by atoms with Gasteiger partial charge in [-0.25, -0.2) is 0 Å². The maximum Gasteiger partial charge on any atom is 0.320 e. The molecule has 0 fully saturated rings. The molecule has 4 aromatic rings. The molecule has 0 aromatic heterocycles. The van der Waals surface area contributed by atoms with Crippen LogP contribution >= 0.6 is 11.8 Å². The summed E-state index contributed by atoms with van der Waals surface area (Å²) in [5, 5.41) is -0.951.